The fourth-order valence-electron chi connectivity index (χ4n) is 1.81. The monoisotopic (exact) mass is 283 g/mol. The molecule has 1 aromatic carbocycles. The molecule has 0 aliphatic heterocycles. The Morgan fingerprint density at radius 1 is 1.26 bits per heavy atom. The minimum atomic E-state index is 0. The van der Waals surface area contributed by atoms with E-state index in [1.807, 2.05) is 31.2 Å². The van der Waals surface area contributed by atoms with Gasteiger partial charge in [-0.3, -0.25) is 0 Å². The van der Waals surface area contributed by atoms with Gasteiger partial charge in [-0.15, -0.1) is 12.4 Å². The Morgan fingerprint density at radius 2 is 1.79 bits per heavy atom. The van der Waals surface area contributed by atoms with Gasteiger partial charge in [0, 0.05) is 6.04 Å². The van der Waals surface area contributed by atoms with E-state index in [-0.39, 0.29) is 18.4 Å². The van der Waals surface area contributed by atoms with Crippen LogP contribution in [-0.4, -0.2) is 20.3 Å². The van der Waals surface area contributed by atoms with E-state index in [9.17, 15) is 0 Å². The summed E-state index contributed by atoms with van der Waals surface area (Å²) in [5, 5.41) is 0. The molecule has 0 aliphatic carbocycles. The van der Waals surface area contributed by atoms with E-state index in [4.69, 9.17) is 15.2 Å². The summed E-state index contributed by atoms with van der Waals surface area (Å²) in [7, 11) is 3.30. The van der Waals surface area contributed by atoms with Crippen molar-refractivity contribution < 1.29 is 9.47 Å². The Labute approximate surface area is 121 Å². The normalized spacial score (nSPS) is 11.8. The van der Waals surface area contributed by atoms with Gasteiger partial charge in [-0.1, -0.05) is 18.7 Å². The largest absolute Gasteiger partial charge is 0.496 e. The third-order valence-corrected chi connectivity index (χ3v) is 2.56. The van der Waals surface area contributed by atoms with E-state index in [1.165, 1.54) is 0 Å². The second-order valence-corrected chi connectivity index (χ2v) is 4.19. The molecule has 2 N–H and O–H groups in total. The molecule has 0 amide bonds. The van der Waals surface area contributed by atoms with E-state index in [0.29, 0.717) is 0 Å². The zero-order valence-electron chi connectivity index (χ0n) is 11.7. The Hall–Kier alpha value is -1.45. The van der Waals surface area contributed by atoms with Crippen LogP contribution in [0.3, 0.4) is 0 Å². The first-order valence-corrected chi connectivity index (χ1v) is 5.92. The van der Waals surface area contributed by atoms with Crippen LogP contribution < -0.4 is 15.2 Å². The Bertz CT molecular complexity index is 417. The summed E-state index contributed by atoms with van der Waals surface area (Å²) >= 11 is 0. The molecule has 1 atom stereocenters. The highest BCUT2D eigenvalue weighted by atomic mass is 35.5. The molecule has 0 bridgehead atoms. The van der Waals surface area contributed by atoms with E-state index < -0.39 is 0 Å². The van der Waals surface area contributed by atoms with Crippen LogP contribution in [0.5, 0.6) is 11.5 Å². The van der Waals surface area contributed by atoms with Crippen molar-refractivity contribution in [3.8, 4) is 11.5 Å². The van der Waals surface area contributed by atoms with Crippen molar-refractivity contribution in [1.29, 1.82) is 0 Å². The minimum Gasteiger partial charge on any atom is -0.496 e. The zero-order valence-corrected chi connectivity index (χ0v) is 12.5. The molecule has 4 heteroatoms. The Balaban J connectivity index is 0.00000324. The van der Waals surface area contributed by atoms with Crippen LogP contribution in [0.1, 0.15) is 18.1 Å². The lowest BCUT2D eigenvalue weighted by Gasteiger charge is -2.14. The number of hydrogen-bond donors (Lipinski definition) is 1. The molecule has 0 fully saturated rings. The molecule has 0 radical (unpaired) electrons. The standard InChI is InChI=1S/C15H21NO2.ClH/c1-5-6-7-13-14(17-3)9-12(8-11(2)16)10-15(13)18-4;/h5-7,9-11H,1,8,16H2,2-4H3;1H/b7-6-;. The Morgan fingerprint density at radius 3 is 2.16 bits per heavy atom. The van der Waals surface area contributed by atoms with Gasteiger partial charge in [0.25, 0.3) is 0 Å². The maximum atomic E-state index is 5.82. The highest BCUT2D eigenvalue weighted by molar-refractivity contribution is 5.85. The van der Waals surface area contributed by atoms with E-state index in [1.54, 1.807) is 20.3 Å². The van der Waals surface area contributed by atoms with Gasteiger partial charge in [-0.25, -0.2) is 0 Å². The van der Waals surface area contributed by atoms with Crippen molar-refractivity contribution in [2.75, 3.05) is 14.2 Å². The van der Waals surface area contributed by atoms with Gasteiger partial charge < -0.3 is 15.2 Å². The van der Waals surface area contributed by atoms with Crippen molar-refractivity contribution in [1.82, 2.24) is 0 Å². The predicted octanol–water partition coefficient (Wildman–Crippen LogP) is 3.21. The molecule has 3 nitrogen and oxygen atoms in total. The van der Waals surface area contributed by atoms with Gasteiger partial charge in [-0.05, 0) is 37.1 Å². The quantitative estimate of drug-likeness (QED) is 0.816. The third-order valence-electron chi connectivity index (χ3n) is 2.56. The molecular formula is C15H22ClNO2. The predicted molar refractivity (Wildman–Crippen MR) is 83.4 cm³/mol. The zero-order chi connectivity index (χ0) is 13.5. The van der Waals surface area contributed by atoms with Gasteiger partial charge in [0.1, 0.15) is 11.5 Å². The first-order chi connectivity index (χ1) is 8.62. The van der Waals surface area contributed by atoms with Crippen molar-refractivity contribution in [3.63, 3.8) is 0 Å². The molecule has 0 saturated heterocycles. The van der Waals surface area contributed by atoms with Crippen molar-refractivity contribution in [2.24, 2.45) is 5.73 Å². The lowest BCUT2D eigenvalue weighted by atomic mass is 10.0. The summed E-state index contributed by atoms with van der Waals surface area (Å²) in [5.74, 6) is 1.56. The molecule has 1 unspecified atom stereocenters. The molecule has 0 saturated carbocycles. The minimum absolute atomic E-state index is 0. The molecule has 106 valence electrons. The number of ether oxygens (including phenoxy) is 2. The fourth-order valence-corrected chi connectivity index (χ4v) is 1.81. The number of hydrogen-bond acceptors (Lipinski definition) is 3. The average molecular weight is 284 g/mol. The highest BCUT2D eigenvalue weighted by Gasteiger charge is 2.10. The first kappa shape index (κ1) is 17.6. The van der Waals surface area contributed by atoms with Gasteiger partial charge in [0.15, 0.2) is 0 Å². The summed E-state index contributed by atoms with van der Waals surface area (Å²) in [6, 6.07) is 4.09. The van der Waals surface area contributed by atoms with Crippen LogP contribution in [0.4, 0.5) is 0 Å². The van der Waals surface area contributed by atoms with Crippen LogP contribution in [0, 0.1) is 0 Å². The van der Waals surface area contributed by atoms with Gasteiger partial charge >= 0.3 is 0 Å². The molecule has 1 rings (SSSR count). The summed E-state index contributed by atoms with van der Waals surface area (Å²) < 4.78 is 10.8. The van der Waals surface area contributed by atoms with Crippen molar-refractivity contribution in [3.05, 3.63) is 42.0 Å². The number of allylic oxidation sites excluding steroid dienone is 2. The molecule has 1 aromatic rings. The van der Waals surface area contributed by atoms with Crippen LogP contribution >= 0.6 is 12.4 Å². The van der Waals surface area contributed by atoms with E-state index in [2.05, 4.69) is 6.58 Å². The summed E-state index contributed by atoms with van der Waals surface area (Å²) in [6.45, 7) is 5.64. The molecule has 0 aliphatic rings. The van der Waals surface area contributed by atoms with Gasteiger partial charge in [-0.2, -0.15) is 0 Å². The Kier molecular flexibility index (Phi) is 7.96. The van der Waals surface area contributed by atoms with Crippen LogP contribution in [0.2, 0.25) is 0 Å². The number of benzene rings is 1. The maximum absolute atomic E-state index is 5.82. The average Bonchev–Trinajstić information content (AvgIpc) is 2.35. The molecule has 19 heavy (non-hydrogen) atoms. The van der Waals surface area contributed by atoms with Gasteiger partial charge in [0.05, 0.1) is 19.8 Å². The van der Waals surface area contributed by atoms with E-state index in [0.717, 1.165) is 29.0 Å². The smallest absolute Gasteiger partial charge is 0.130 e. The summed E-state index contributed by atoms with van der Waals surface area (Å²) in [6.07, 6.45) is 6.28. The topological polar surface area (TPSA) is 44.5 Å². The highest BCUT2D eigenvalue weighted by Crippen LogP contribution is 2.32. The van der Waals surface area contributed by atoms with Crippen molar-refractivity contribution in [2.45, 2.75) is 19.4 Å². The third kappa shape index (κ3) is 4.97. The summed E-state index contributed by atoms with van der Waals surface area (Å²) in [5.41, 5.74) is 7.83. The van der Waals surface area contributed by atoms with Crippen molar-refractivity contribution >= 4 is 18.5 Å². The second-order valence-electron chi connectivity index (χ2n) is 4.19. The summed E-state index contributed by atoms with van der Waals surface area (Å²) in [4.78, 5) is 0. The van der Waals surface area contributed by atoms with Crippen LogP contribution in [0.25, 0.3) is 6.08 Å². The second kappa shape index (κ2) is 8.62. The van der Waals surface area contributed by atoms with Gasteiger partial charge in [0.2, 0.25) is 0 Å². The van der Waals surface area contributed by atoms with Crippen LogP contribution in [-0.2, 0) is 6.42 Å². The molecule has 0 heterocycles. The molecular weight excluding hydrogens is 262 g/mol. The first-order valence-electron chi connectivity index (χ1n) is 5.92. The fraction of sp³-hybridized carbons (Fsp3) is 0.333. The maximum Gasteiger partial charge on any atom is 0.130 e. The number of halogens is 1. The lowest BCUT2D eigenvalue weighted by Crippen LogP contribution is -2.17. The number of rotatable bonds is 6. The molecule has 0 aromatic heterocycles. The van der Waals surface area contributed by atoms with E-state index >= 15 is 0 Å². The lowest BCUT2D eigenvalue weighted by molar-refractivity contribution is 0.391. The SMILES string of the molecule is C=C/C=C\c1c(OC)cc(CC(C)N)cc1OC.Cl. The number of methoxy groups -OCH3 is 2. The molecule has 0 spiro atoms. The van der Waals surface area contributed by atoms with Crippen LogP contribution in [0.15, 0.2) is 30.9 Å². The number of nitrogens with two attached hydrogens (primary N) is 1.